The van der Waals surface area contributed by atoms with Crippen LogP contribution >= 0.6 is 0 Å². The third-order valence-electron chi connectivity index (χ3n) is 4.70. The molecule has 1 aromatic heterocycles. The van der Waals surface area contributed by atoms with E-state index in [1.54, 1.807) is 22.9 Å². The number of ether oxygens (including phenoxy) is 3. The van der Waals surface area contributed by atoms with Crippen LogP contribution in [0.3, 0.4) is 0 Å². The Morgan fingerprint density at radius 3 is 2.92 bits per heavy atom. The van der Waals surface area contributed by atoms with Gasteiger partial charge >= 0.3 is 0 Å². The molecule has 1 saturated heterocycles. The summed E-state index contributed by atoms with van der Waals surface area (Å²) in [6, 6.07) is 7.44. The summed E-state index contributed by atoms with van der Waals surface area (Å²) in [7, 11) is 1.64. The molecule has 26 heavy (non-hydrogen) atoms. The van der Waals surface area contributed by atoms with Crippen LogP contribution in [0.5, 0.6) is 5.75 Å². The lowest BCUT2D eigenvalue weighted by Crippen LogP contribution is -2.49. The normalized spacial score (nSPS) is 24.2. The SMILES string of the molecule is CO[C@@H]1COC[C@H]1n1cc(C(=O)N2CC(C)(C)Oc3ccccc32)nn1. The van der Waals surface area contributed by atoms with Gasteiger partial charge in [-0.3, -0.25) is 9.69 Å². The van der Waals surface area contributed by atoms with Crippen molar-refractivity contribution in [2.24, 2.45) is 0 Å². The van der Waals surface area contributed by atoms with Gasteiger partial charge in [-0.05, 0) is 26.0 Å². The molecule has 0 unspecified atom stereocenters. The largest absolute Gasteiger partial charge is 0.484 e. The van der Waals surface area contributed by atoms with Crippen LogP contribution < -0.4 is 9.64 Å². The fraction of sp³-hybridized carbons (Fsp3) is 0.500. The zero-order chi connectivity index (χ0) is 18.3. The summed E-state index contributed by atoms with van der Waals surface area (Å²) in [5.41, 5.74) is 0.546. The number of rotatable bonds is 3. The number of aromatic nitrogens is 3. The first-order valence-electron chi connectivity index (χ1n) is 8.61. The first-order chi connectivity index (χ1) is 12.5. The second-order valence-corrected chi connectivity index (χ2v) is 7.18. The van der Waals surface area contributed by atoms with Crippen LogP contribution in [0, 0.1) is 0 Å². The third kappa shape index (κ3) is 2.95. The number of anilines is 1. The van der Waals surface area contributed by atoms with Gasteiger partial charge in [-0.15, -0.1) is 5.10 Å². The average Bonchev–Trinajstić information content (AvgIpc) is 3.28. The summed E-state index contributed by atoms with van der Waals surface area (Å²) in [6.45, 7) is 5.35. The van der Waals surface area contributed by atoms with Gasteiger partial charge in [0.2, 0.25) is 0 Å². The van der Waals surface area contributed by atoms with Crippen molar-refractivity contribution in [2.75, 3.05) is 31.8 Å². The highest BCUT2D eigenvalue weighted by Crippen LogP contribution is 2.37. The molecule has 8 heteroatoms. The zero-order valence-electron chi connectivity index (χ0n) is 15.1. The molecule has 1 amide bonds. The minimum atomic E-state index is -0.486. The zero-order valence-corrected chi connectivity index (χ0v) is 15.1. The first kappa shape index (κ1) is 17.0. The highest BCUT2D eigenvalue weighted by atomic mass is 16.5. The van der Waals surface area contributed by atoms with Crippen molar-refractivity contribution < 1.29 is 19.0 Å². The molecule has 2 aliphatic rings. The predicted molar refractivity (Wildman–Crippen MR) is 93.5 cm³/mol. The lowest BCUT2D eigenvalue weighted by molar-refractivity contribution is 0.0661. The second kappa shape index (κ2) is 6.37. The molecular formula is C18H22N4O4. The van der Waals surface area contributed by atoms with Crippen molar-refractivity contribution in [3.63, 3.8) is 0 Å². The van der Waals surface area contributed by atoms with Gasteiger partial charge in [0.15, 0.2) is 5.69 Å². The minimum absolute atomic E-state index is 0.0810. The van der Waals surface area contributed by atoms with Crippen LogP contribution in [-0.4, -0.2) is 59.5 Å². The quantitative estimate of drug-likeness (QED) is 0.831. The number of fused-ring (bicyclic) bond motifs is 1. The Hall–Kier alpha value is -2.45. The molecule has 1 fully saturated rings. The molecule has 2 aliphatic heterocycles. The molecule has 0 saturated carbocycles. The van der Waals surface area contributed by atoms with Gasteiger partial charge in [0, 0.05) is 7.11 Å². The molecule has 0 spiro atoms. The van der Waals surface area contributed by atoms with E-state index in [9.17, 15) is 4.79 Å². The molecular weight excluding hydrogens is 336 g/mol. The predicted octanol–water partition coefficient (Wildman–Crippen LogP) is 1.68. The van der Waals surface area contributed by atoms with Gasteiger partial charge in [0.1, 0.15) is 23.5 Å². The number of benzene rings is 1. The third-order valence-corrected chi connectivity index (χ3v) is 4.70. The van der Waals surface area contributed by atoms with Gasteiger partial charge in [-0.2, -0.15) is 0 Å². The Kier molecular flexibility index (Phi) is 4.16. The van der Waals surface area contributed by atoms with Gasteiger partial charge in [-0.1, -0.05) is 17.3 Å². The van der Waals surface area contributed by atoms with Crippen LogP contribution in [0.15, 0.2) is 30.5 Å². The number of carbonyl (C=O) groups is 1. The maximum atomic E-state index is 13.1. The summed E-state index contributed by atoms with van der Waals surface area (Å²) < 4.78 is 18.5. The van der Waals surface area contributed by atoms with E-state index >= 15 is 0 Å². The van der Waals surface area contributed by atoms with Gasteiger partial charge in [0.25, 0.3) is 5.91 Å². The molecule has 4 rings (SSSR count). The summed E-state index contributed by atoms with van der Waals surface area (Å²) in [5, 5.41) is 8.23. The number of nitrogens with zero attached hydrogens (tertiary/aromatic N) is 4. The molecule has 0 bridgehead atoms. The first-order valence-corrected chi connectivity index (χ1v) is 8.61. The lowest BCUT2D eigenvalue weighted by Gasteiger charge is -2.39. The number of para-hydroxylation sites is 2. The molecule has 0 aliphatic carbocycles. The topological polar surface area (TPSA) is 78.7 Å². The molecule has 0 N–H and O–H groups in total. The Labute approximate surface area is 151 Å². The molecule has 0 radical (unpaired) electrons. The van der Waals surface area contributed by atoms with E-state index < -0.39 is 5.60 Å². The summed E-state index contributed by atoms with van der Waals surface area (Å²) in [6.07, 6.45) is 1.57. The second-order valence-electron chi connectivity index (χ2n) is 7.18. The summed E-state index contributed by atoms with van der Waals surface area (Å²) in [4.78, 5) is 14.8. The van der Waals surface area contributed by atoms with Crippen molar-refractivity contribution in [1.29, 1.82) is 0 Å². The van der Waals surface area contributed by atoms with Crippen molar-refractivity contribution in [3.8, 4) is 5.75 Å². The Bertz CT molecular complexity index is 819. The minimum Gasteiger partial charge on any atom is -0.484 e. The Balaban J connectivity index is 1.62. The van der Waals surface area contributed by atoms with Gasteiger partial charge < -0.3 is 14.2 Å². The highest BCUT2D eigenvalue weighted by Gasteiger charge is 2.37. The smallest absolute Gasteiger partial charge is 0.280 e. The maximum absolute atomic E-state index is 13.1. The number of amides is 1. The van der Waals surface area contributed by atoms with Crippen LogP contribution in [0.25, 0.3) is 0 Å². The molecule has 3 heterocycles. The van der Waals surface area contributed by atoms with Crippen LogP contribution in [0.2, 0.25) is 0 Å². The van der Waals surface area contributed by atoms with Crippen LogP contribution in [0.4, 0.5) is 5.69 Å². The maximum Gasteiger partial charge on any atom is 0.280 e. The molecule has 138 valence electrons. The van der Waals surface area contributed by atoms with E-state index in [0.29, 0.717) is 31.2 Å². The van der Waals surface area contributed by atoms with Gasteiger partial charge in [-0.25, -0.2) is 4.68 Å². The fourth-order valence-corrected chi connectivity index (χ4v) is 3.41. The highest BCUT2D eigenvalue weighted by molar-refractivity contribution is 6.05. The number of carbonyl (C=O) groups excluding carboxylic acids is 1. The number of methoxy groups -OCH3 is 1. The number of hydrogen-bond acceptors (Lipinski definition) is 6. The van der Waals surface area contributed by atoms with Crippen LogP contribution in [0.1, 0.15) is 30.4 Å². The molecule has 2 aromatic rings. The van der Waals surface area contributed by atoms with E-state index in [-0.39, 0.29) is 18.1 Å². The number of hydrogen-bond donors (Lipinski definition) is 0. The van der Waals surface area contributed by atoms with Crippen molar-refractivity contribution in [2.45, 2.75) is 31.6 Å². The van der Waals surface area contributed by atoms with E-state index in [1.807, 2.05) is 38.1 Å². The summed E-state index contributed by atoms with van der Waals surface area (Å²) in [5.74, 6) is 0.487. The molecule has 8 nitrogen and oxygen atoms in total. The van der Waals surface area contributed by atoms with E-state index in [2.05, 4.69) is 10.3 Å². The standard InChI is InChI=1S/C18H22N4O4/c1-18(2)11-21(13-6-4-5-7-15(13)26-18)17(23)12-8-22(20-19-12)14-9-25-10-16(14)24-3/h4-8,14,16H,9-11H2,1-3H3/t14-,16-/m1/s1. The summed E-state index contributed by atoms with van der Waals surface area (Å²) >= 11 is 0. The van der Waals surface area contributed by atoms with Gasteiger partial charge in [0.05, 0.1) is 31.6 Å². The Morgan fingerprint density at radius 1 is 1.31 bits per heavy atom. The van der Waals surface area contributed by atoms with Crippen molar-refractivity contribution in [1.82, 2.24) is 15.0 Å². The van der Waals surface area contributed by atoms with E-state index in [0.717, 1.165) is 5.69 Å². The fourth-order valence-electron chi connectivity index (χ4n) is 3.41. The monoisotopic (exact) mass is 358 g/mol. The van der Waals surface area contributed by atoms with Crippen LogP contribution in [-0.2, 0) is 9.47 Å². The molecule has 2 atom stereocenters. The molecule has 1 aromatic carbocycles. The van der Waals surface area contributed by atoms with Crippen molar-refractivity contribution >= 4 is 11.6 Å². The van der Waals surface area contributed by atoms with Crippen molar-refractivity contribution in [3.05, 3.63) is 36.2 Å². The average molecular weight is 358 g/mol. The van der Waals surface area contributed by atoms with E-state index in [4.69, 9.17) is 14.2 Å². The Morgan fingerprint density at radius 2 is 2.12 bits per heavy atom. The van der Waals surface area contributed by atoms with E-state index in [1.165, 1.54) is 0 Å². The lowest BCUT2D eigenvalue weighted by atomic mass is 10.0.